The second-order valence-electron chi connectivity index (χ2n) is 21.6. The molecule has 8 unspecified atom stereocenters. The van der Waals surface area contributed by atoms with Crippen LogP contribution in [0.25, 0.3) is 0 Å². The predicted octanol–water partition coefficient (Wildman–Crippen LogP) is -7.51. The Morgan fingerprint density at radius 3 is 1.00 bits per heavy atom. The molecule has 0 spiro atoms. The fraction of sp³-hybridized carbons (Fsp3) is 1.00. The topological polar surface area (TPSA) is 296 Å². The summed E-state index contributed by atoms with van der Waals surface area (Å²) in [6.45, 7) is 29.4. The van der Waals surface area contributed by atoms with Crippen molar-refractivity contribution >= 4 is 174 Å². The summed E-state index contributed by atoms with van der Waals surface area (Å²) < 4.78 is 80.8. The molecule has 6 bridgehead atoms. The van der Waals surface area contributed by atoms with Crippen LogP contribution in [-0.2, 0) is 71.9 Å². The summed E-state index contributed by atoms with van der Waals surface area (Å²) in [6, 6.07) is 3.87. The van der Waals surface area contributed by atoms with Crippen LogP contribution in [0.3, 0.4) is 0 Å². The van der Waals surface area contributed by atoms with Crippen molar-refractivity contribution in [3.05, 3.63) is 0 Å². The minimum atomic E-state index is -2.40. The summed E-state index contributed by atoms with van der Waals surface area (Å²) in [7, 11) is -14.0. The minimum Gasteiger partial charge on any atom is -1.00 e. The summed E-state index contributed by atoms with van der Waals surface area (Å²) in [6.07, 6.45) is 4.11. The number of halogens is 2. The largest absolute Gasteiger partial charge is 1.00 e. The van der Waals surface area contributed by atoms with Crippen molar-refractivity contribution in [2.24, 2.45) is 11.5 Å². The van der Waals surface area contributed by atoms with Gasteiger partial charge in [0.25, 0.3) is 0 Å². The van der Waals surface area contributed by atoms with Crippen molar-refractivity contribution in [1.29, 1.82) is 0 Å². The first-order valence-corrected chi connectivity index (χ1v) is 53.6. The SMILES string of the molecule is CC([SiH2]O)C([SiH2]O)C(C)[SiH2]O.CC1[SiH2]O[Si]2(CCCN)O[SiH2]C(C)C1[SiH2]O2.CC1[SiH2]O[Si]2(CCC[NH3+])O[SiH2]C(C)C1[SiH2]O2.CC1[SiH2]O[Si]2(CCC[NH3+])O[SiH2]C(C)C1[SiH2]O2.CCO[Si](CCCN)(OCC)OCC.Cl.O=P.[Cl-].[Mn]. The van der Waals surface area contributed by atoms with Crippen LogP contribution in [-0.4, -0.2) is 213 Å². The van der Waals surface area contributed by atoms with E-state index in [0.717, 1.165) is 119 Å². The maximum Gasteiger partial charge on any atom is 0.500 e. The van der Waals surface area contributed by atoms with E-state index in [-0.39, 0.29) is 47.4 Å². The van der Waals surface area contributed by atoms with E-state index in [9.17, 15) is 0 Å². The van der Waals surface area contributed by atoms with Gasteiger partial charge in [0.15, 0.2) is 117 Å². The third kappa shape index (κ3) is 30.4. The molecule has 0 aromatic rings. The average Bonchev–Trinajstić information content (AvgIpc) is 3.97. The molecule has 0 aromatic carbocycles. The van der Waals surface area contributed by atoms with Crippen LogP contribution in [0.4, 0.5) is 0 Å². The summed E-state index contributed by atoms with van der Waals surface area (Å²) in [5.41, 5.74) is 27.2. The van der Waals surface area contributed by atoms with Crippen LogP contribution < -0.4 is 35.3 Å². The first kappa shape index (κ1) is 86.1. The first-order valence-electron chi connectivity index (χ1n) is 28.6. The molecule has 8 atom stereocenters. The molecule has 6 fully saturated rings. The van der Waals surface area contributed by atoms with E-state index >= 15 is 0 Å². The second kappa shape index (κ2) is 48.8. The van der Waals surface area contributed by atoms with Gasteiger partial charge in [-0.25, -0.2) is 0 Å². The van der Waals surface area contributed by atoms with Gasteiger partial charge < -0.3 is 100 Å². The second-order valence-corrected chi connectivity index (χ2v) is 58.4. The smallest absolute Gasteiger partial charge is 0.500 e. The zero-order valence-electron chi connectivity index (χ0n) is 49.9. The van der Waals surface area contributed by atoms with E-state index < -0.39 is 152 Å². The Morgan fingerprint density at radius 2 is 0.782 bits per heavy atom. The minimum absolute atomic E-state index is 0. The number of rotatable bonds is 23. The Labute approximate surface area is 529 Å². The van der Waals surface area contributed by atoms with Crippen molar-refractivity contribution in [2.75, 3.05) is 46.0 Å². The third-order valence-electron chi connectivity index (χ3n) is 15.5. The van der Waals surface area contributed by atoms with Crippen molar-refractivity contribution in [3.8, 4) is 0 Å². The molecule has 78 heavy (non-hydrogen) atoms. The number of hydrogen-bond acceptors (Lipinski definition) is 18. The standard InChI is InChI=1S/C9H23NO3Si.3C8H23NO3Si4.C5H18O3Si3.2ClH.Mn.HOP/c1-4-11-14(12-5-2,13-6-3)9-7-8-10;3*1-6-8-7(2)14-11-16(10-13-6,12-15-8)5-3-4-9;1-3(9-6)5(11-8)4(2)10-7;;;;1-2/h4-10H2,1-3H3;3*6-8H,3-5,9,13-15H2,1-2H3;3-8H,9-11H2,1-2H3;2*1H;;2H/p+1. The molecular formula is C38H114Cl2MnN4O16PSi16+. The zero-order chi connectivity index (χ0) is 56.5. The Bertz CT molecular complexity index is 1290. The van der Waals surface area contributed by atoms with Crippen LogP contribution in [0, 0.1) is 0 Å². The summed E-state index contributed by atoms with van der Waals surface area (Å²) in [4.78, 5) is 27.0. The van der Waals surface area contributed by atoms with Gasteiger partial charge in [0.1, 0.15) is 9.12 Å². The molecule has 20 nitrogen and oxygen atoms in total. The van der Waals surface area contributed by atoms with Crippen molar-refractivity contribution in [3.63, 3.8) is 0 Å². The monoisotopic (exact) mass is 1490 g/mol. The molecule has 6 saturated heterocycles. The summed E-state index contributed by atoms with van der Waals surface area (Å²) >= 11 is 0. The maximum absolute atomic E-state index is 9.09. The summed E-state index contributed by atoms with van der Waals surface area (Å²) in [5.74, 6) is 0. The van der Waals surface area contributed by atoms with E-state index in [1.165, 1.54) is 0 Å². The Morgan fingerprint density at radius 1 is 0.526 bits per heavy atom. The van der Waals surface area contributed by atoms with E-state index in [4.69, 9.17) is 80.7 Å². The molecule has 6 aliphatic rings. The molecule has 0 amide bonds. The molecular weight excluding hydrogens is 1370 g/mol. The van der Waals surface area contributed by atoms with Crippen molar-refractivity contribution < 1.29 is 110 Å². The van der Waals surface area contributed by atoms with Gasteiger partial charge in [-0.15, -0.1) is 12.4 Å². The quantitative estimate of drug-likeness (QED) is 0.0370. The molecule has 6 heterocycles. The van der Waals surface area contributed by atoms with Crippen LogP contribution >= 0.6 is 21.5 Å². The van der Waals surface area contributed by atoms with E-state index in [1.807, 2.05) is 34.6 Å². The molecule has 471 valence electrons. The Hall–Kier alpha value is 3.91. The van der Waals surface area contributed by atoms with E-state index in [1.54, 1.807) is 9.12 Å². The van der Waals surface area contributed by atoms with Gasteiger partial charge in [0.2, 0.25) is 0 Å². The number of hydrogen-bond donors (Lipinski definition) is 7. The fourth-order valence-corrected chi connectivity index (χ4v) is 64.2. The molecule has 6 aliphatic heterocycles. The van der Waals surface area contributed by atoms with Gasteiger partial charge in [0.05, 0.1) is 13.1 Å². The molecule has 1 radical (unpaired) electrons. The van der Waals surface area contributed by atoms with Gasteiger partial charge in [0, 0.05) is 73.9 Å². The van der Waals surface area contributed by atoms with Gasteiger partial charge >= 0.3 is 35.2 Å². The molecule has 13 N–H and O–H groups in total. The zero-order valence-corrected chi connectivity index (χ0v) is 74.6. The number of fused-ring (bicyclic) bond motifs is 9. The fourth-order valence-electron chi connectivity index (χ4n) is 10.2. The summed E-state index contributed by atoms with van der Waals surface area (Å²) in [5, 5.41) is 0. The average molecular weight is 1490 g/mol. The van der Waals surface area contributed by atoms with Crippen LogP contribution in [0.2, 0.25) is 90.7 Å². The molecule has 0 aromatic heterocycles. The predicted molar refractivity (Wildman–Crippen MR) is 355 cm³/mol. The first-order chi connectivity index (χ1) is 35.9. The van der Waals surface area contributed by atoms with Crippen molar-refractivity contribution in [1.82, 2.24) is 0 Å². The van der Waals surface area contributed by atoms with Crippen LogP contribution in [0.5, 0.6) is 0 Å². The van der Waals surface area contributed by atoms with Crippen LogP contribution in [0.1, 0.15) is 102 Å². The third-order valence-corrected chi connectivity index (χ3v) is 65.8. The van der Waals surface area contributed by atoms with Gasteiger partial charge in [-0.05, 0) is 113 Å². The normalized spacial score (nSPS) is 35.3. The number of quaternary nitrogens is 2. The Kier molecular flexibility index (Phi) is 53.9. The van der Waals surface area contributed by atoms with Crippen molar-refractivity contribution in [2.45, 2.75) is 193 Å². The van der Waals surface area contributed by atoms with E-state index in [2.05, 4.69) is 53.0 Å². The molecule has 40 heteroatoms. The van der Waals surface area contributed by atoms with Gasteiger partial charge in [-0.2, -0.15) is 0 Å². The Balaban J connectivity index is -0.000000891. The van der Waals surface area contributed by atoms with E-state index in [0.29, 0.717) is 37.4 Å². The molecule has 0 saturated carbocycles. The van der Waals surface area contributed by atoms with Crippen LogP contribution in [0.15, 0.2) is 0 Å². The number of nitrogens with two attached hydrogens (primary N) is 2. The maximum atomic E-state index is 9.09. The van der Waals surface area contributed by atoms with Gasteiger partial charge in [-0.3, -0.25) is 4.57 Å². The van der Waals surface area contributed by atoms with Gasteiger partial charge in [-0.1, -0.05) is 55.4 Å². The molecule has 0 aliphatic carbocycles. The molecule has 6 rings (SSSR count).